The van der Waals surface area contributed by atoms with Crippen LogP contribution in [0.1, 0.15) is 60.2 Å². The van der Waals surface area contributed by atoms with Gasteiger partial charge in [-0.3, -0.25) is 19.2 Å². The quantitative estimate of drug-likeness (QED) is 0.636. The smallest absolute Gasteiger partial charge is 0.254 e. The highest BCUT2D eigenvalue weighted by Gasteiger charge is 2.32. The molecule has 2 amide bonds. The van der Waals surface area contributed by atoms with Gasteiger partial charge in [-0.1, -0.05) is 32.0 Å². The van der Waals surface area contributed by atoms with E-state index in [0.717, 1.165) is 0 Å². The molecule has 0 bridgehead atoms. The van der Waals surface area contributed by atoms with Crippen LogP contribution in [0.4, 0.5) is 4.39 Å². The lowest BCUT2D eigenvalue weighted by molar-refractivity contribution is -0.129. The minimum absolute atomic E-state index is 0.0211. The lowest BCUT2D eigenvalue weighted by Crippen LogP contribution is -2.43. The number of nitrogens with zero attached hydrogens (tertiary/aromatic N) is 1. The summed E-state index contributed by atoms with van der Waals surface area (Å²) in [4.78, 5) is 53.0. The molecule has 0 spiro atoms. The molecule has 7 heteroatoms. The highest BCUT2D eigenvalue weighted by molar-refractivity contribution is 6.00. The predicted molar refractivity (Wildman–Crippen MR) is 127 cm³/mol. The van der Waals surface area contributed by atoms with E-state index >= 15 is 0 Å². The number of carbonyl (C=O) groups excluding carboxylic acids is 4. The molecule has 1 aliphatic rings. The maximum atomic E-state index is 13.2. The van der Waals surface area contributed by atoms with Crippen LogP contribution >= 0.6 is 0 Å². The van der Waals surface area contributed by atoms with Gasteiger partial charge in [0.1, 0.15) is 5.82 Å². The molecule has 34 heavy (non-hydrogen) atoms. The Balaban J connectivity index is 1.65. The molecule has 2 aromatic rings. The number of likely N-dealkylation sites (tertiary alicyclic amines) is 1. The first kappa shape index (κ1) is 25.3. The largest absolute Gasteiger partial charge is 0.342 e. The van der Waals surface area contributed by atoms with Gasteiger partial charge in [-0.15, -0.1) is 0 Å². The molecule has 1 fully saturated rings. The molecule has 1 N–H and O–H groups in total. The van der Waals surface area contributed by atoms with E-state index in [2.05, 4.69) is 5.32 Å². The summed E-state index contributed by atoms with van der Waals surface area (Å²) in [6.45, 7) is 4.34. The van der Waals surface area contributed by atoms with Crippen molar-refractivity contribution in [1.29, 1.82) is 0 Å². The van der Waals surface area contributed by atoms with Crippen LogP contribution in [-0.4, -0.2) is 47.4 Å². The second kappa shape index (κ2) is 11.7. The number of benzene rings is 2. The van der Waals surface area contributed by atoms with Gasteiger partial charge in [0.15, 0.2) is 11.6 Å². The molecule has 0 aromatic heterocycles. The van der Waals surface area contributed by atoms with Crippen molar-refractivity contribution in [3.8, 4) is 0 Å². The van der Waals surface area contributed by atoms with Crippen LogP contribution in [0, 0.1) is 17.7 Å². The highest BCUT2D eigenvalue weighted by atomic mass is 19.1. The zero-order valence-corrected chi connectivity index (χ0v) is 19.6. The molecule has 180 valence electrons. The first-order valence-corrected chi connectivity index (χ1v) is 11.7. The van der Waals surface area contributed by atoms with Gasteiger partial charge in [0.2, 0.25) is 0 Å². The van der Waals surface area contributed by atoms with Crippen LogP contribution < -0.4 is 5.32 Å². The molecule has 2 unspecified atom stereocenters. The highest BCUT2D eigenvalue weighted by Crippen LogP contribution is 2.22. The number of nitrogens with one attached hydrogen (secondary N) is 1. The van der Waals surface area contributed by atoms with Crippen molar-refractivity contribution in [2.24, 2.45) is 11.8 Å². The first-order chi connectivity index (χ1) is 16.2. The third-order valence-corrected chi connectivity index (χ3v) is 6.05. The molecule has 1 aliphatic heterocycles. The van der Waals surface area contributed by atoms with Crippen molar-refractivity contribution in [1.82, 2.24) is 10.2 Å². The summed E-state index contributed by atoms with van der Waals surface area (Å²) in [5, 5.41) is 2.77. The van der Waals surface area contributed by atoms with Gasteiger partial charge in [-0.05, 0) is 61.6 Å². The second-order valence-electron chi connectivity index (χ2n) is 9.23. The van der Waals surface area contributed by atoms with Crippen molar-refractivity contribution in [3.05, 3.63) is 71.5 Å². The topological polar surface area (TPSA) is 83.6 Å². The monoisotopic (exact) mass is 466 g/mol. The van der Waals surface area contributed by atoms with Crippen LogP contribution in [0.5, 0.6) is 0 Å². The SMILES string of the molecule is CC(C)CC(NC(=O)c1ccc(F)cc1)C(=O)CC1CCCN(C(=O)c2ccccc2)CC1=O. The Morgan fingerprint density at radius 1 is 1.03 bits per heavy atom. The van der Waals surface area contributed by atoms with E-state index in [0.29, 0.717) is 31.4 Å². The summed E-state index contributed by atoms with van der Waals surface area (Å²) in [6.07, 6.45) is 1.60. The fraction of sp³-hybridized carbons (Fsp3) is 0.407. The fourth-order valence-corrected chi connectivity index (χ4v) is 4.21. The number of hydrogen-bond donors (Lipinski definition) is 1. The Labute approximate surface area is 199 Å². The zero-order chi connectivity index (χ0) is 24.7. The maximum Gasteiger partial charge on any atom is 0.254 e. The molecule has 6 nitrogen and oxygen atoms in total. The predicted octanol–water partition coefficient (Wildman–Crippen LogP) is 4.05. The van der Waals surface area contributed by atoms with Crippen molar-refractivity contribution in [3.63, 3.8) is 0 Å². The summed E-state index contributed by atoms with van der Waals surface area (Å²) in [7, 11) is 0. The Bertz CT molecular complexity index is 1020. The van der Waals surface area contributed by atoms with Crippen LogP contribution in [0.15, 0.2) is 54.6 Å². The minimum atomic E-state index is -0.740. The van der Waals surface area contributed by atoms with Gasteiger partial charge in [-0.25, -0.2) is 4.39 Å². The van der Waals surface area contributed by atoms with E-state index in [-0.39, 0.29) is 41.9 Å². The molecular formula is C27H31FN2O4. The number of carbonyl (C=O) groups is 4. The number of hydrogen-bond acceptors (Lipinski definition) is 4. The van der Waals surface area contributed by atoms with Gasteiger partial charge < -0.3 is 10.2 Å². The standard InChI is InChI=1S/C27H31FN2O4/c1-18(2)15-23(29-26(33)19-10-12-22(28)13-11-19)24(31)16-21-9-6-14-30(17-25(21)32)27(34)20-7-4-3-5-8-20/h3-5,7-8,10-13,18,21,23H,6,9,14-17H2,1-2H3,(H,29,33). The molecule has 1 heterocycles. The lowest BCUT2D eigenvalue weighted by atomic mass is 9.89. The van der Waals surface area contributed by atoms with E-state index in [4.69, 9.17) is 0 Å². The fourth-order valence-electron chi connectivity index (χ4n) is 4.21. The van der Waals surface area contributed by atoms with Crippen molar-refractivity contribution in [2.45, 2.75) is 45.6 Å². The Morgan fingerprint density at radius 3 is 2.35 bits per heavy atom. The van der Waals surface area contributed by atoms with Gasteiger partial charge in [0.05, 0.1) is 12.6 Å². The van der Waals surface area contributed by atoms with Crippen molar-refractivity contribution < 1.29 is 23.6 Å². The van der Waals surface area contributed by atoms with E-state index in [9.17, 15) is 23.6 Å². The second-order valence-corrected chi connectivity index (χ2v) is 9.23. The normalized spacial score (nSPS) is 17.2. The van der Waals surface area contributed by atoms with Gasteiger partial charge in [0.25, 0.3) is 11.8 Å². The van der Waals surface area contributed by atoms with E-state index in [1.165, 1.54) is 24.3 Å². The zero-order valence-electron chi connectivity index (χ0n) is 19.6. The third kappa shape index (κ3) is 6.83. The molecule has 3 rings (SSSR count). The lowest BCUT2D eigenvalue weighted by Gasteiger charge is -2.22. The maximum absolute atomic E-state index is 13.2. The van der Waals surface area contributed by atoms with E-state index < -0.39 is 23.7 Å². The summed E-state index contributed by atoms with van der Waals surface area (Å²) < 4.78 is 13.2. The Hall–Kier alpha value is -3.35. The van der Waals surface area contributed by atoms with Crippen LogP contribution in [0.3, 0.4) is 0 Å². The minimum Gasteiger partial charge on any atom is -0.342 e. The van der Waals surface area contributed by atoms with Crippen LogP contribution in [0.2, 0.25) is 0 Å². The summed E-state index contributed by atoms with van der Waals surface area (Å²) >= 11 is 0. The van der Waals surface area contributed by atoms with Crippen LogP contribution in [0.25, 0.3) is 0 Å². The summed E-state index contributed by atoms with van der Waals surface area (Å²) in [5.41, 5.74) is 0.800. The molecule has 0 radical (unpaired) electrons. The van der Waals surface area contributed by atoms with E-state index in [1.807, 2.05) is 19.9 Å². The first-order valence-electron chi connectivity index (χ1n) is 11.7. The number of ketones is 2. The summed E-state index contributed by atoms with van der Waals surface area (Å²) in [6, 6.07) is 13.2. The molecule has 2 aromatic carbocycles. The Kier molecular flexibility index (Phi) is 8.68. The van der Waals surface area contributed by atoms with Gasteiger partial charge in [0, 0.05) is 30.0 Å². The number of halogens is 1. The number of Topliss-reactive ketones (excluding diaryl/α,β-unsaturated/α-hetero) is 2. The van der Waals surface area contributed by atoms with Crippen LogP contribution in [-0.2, 0) is 9.59 Å². The van der Waals surface area contributed by atoms with Crippen molar-refractivity contribution in [2.75, 3.05) is 13.1 Å². The molecule has 2 atom stereocenters. The van der Waals surface area contributed by atoms with Gasteiger partial charge >= 0.3 is 0 Å². The van der Waals surface area contributed by atoms with E-state index in [1.54, 1.807) is 29.2 Å². The molecular weight excluding hydrogens is 435 g/mol. The molecule has 0 aliphatic carbocycles. The third-order valence-electron chi connectivity index (χ3n) is 6.05. The summed E-state index contributed by atoms with van der Waals surface area (Å²) in [5.74, 6) is -1.77. The molecule has 1 saturated heterocycles. The molecule has 0 saturated carbocycles. The average Bonchev–Trinajstić information content (AvgIpc) is 3.00. The average molecular weight is 467 g/mol. The number of amides is 2. The van der Waals surface area contributed by atoms with Crippen molar-refractivity contribution >= 4 is 23.4 Å². The number of rotatable bonds is 8. The van der Waals surface area contributed by atoms with Gasteiger partial charge in [-0.2, -0.15) is 0 Å². The Morgan fingerprint density at radius 2 is 1.71 bits per heavy atom.